The first-order valence-electron chi connectivity index (χ1n) is 9.28. The van der Waals surface area contributed by atoms with Gasteiger partial charge in [0, 0.05) is 38.3 Å². The second-order valence-corrected chi connectivity index (χ2v) is 6.43. The number of hydrogen-bond donors (Lipinski definition) is 2. The fourth-order valence-electron chi connectivity index (χ4n) is 3.00. The second kappa shape index (κ2) is 13.2. The van der Waals surface area contributed by atoms with Gasteiger partial charge in [-0.25, -0.2) is 4.99 Å². The van der Waals surface area contributed by atoms with Gasteiger partial charge < -0.3 is 25.2 Å². The van der Waals surface area contributed by atoms with Crippen LogP contribution in [-0.2, 0) is 6.54 Å². The van der Waals surface area contributed by atoms with E-state index in [1.807, 2.05) is 18.2 Å². The molecule has 0 aromatic heterocycles. The third kappa shape index (κ3) is 8.09. The molecule has 1 aliphatic heterocycles. The molecule has 26 heavy (non-hydrogen) atoms. The number of aliphatic imine (C=N–C) groups is 1. The molecule has 0 atom stereocenters. The van der Waals surface area contributed by atoms with E-state index in [0.29, 0.717) is 6.54 Å². The van der Waals surface area contributed by atoms with Gasteiger partial charge >= 0.3 is 0 Å². The third-order valence-corrected chi connectivity index (χ3v) is 4.48. The van der Waals surface area contributed by atoms with Crippen LogP contribution in [0.2, 0.25) is 0 Å². The van der Waals surface area contributed by atoms with Gasteiger partial charge in [-0.1, -0.05) is 18.2 Å². The first-order valence-corrected chi connectivity index (χ1v) is 9.28. The summed E-state index contributed by atoms with van der Waals surface area (Å²) in [4.78, 5) is 9.63. The number of ether oxygens (including phenoxy) is 1. The lowest BCUT2D eigenvalue weighted by Crippen LogP contribution is -2.42. The molecule has 148 valence electrons. The minimum absolute atomic E-state index is 0. The first-order chi connectivity index (χ1) is 12.2. The molecule has 0 saturated carbocycles. The lowest BCUT2D eigenvalue weighted by Gasteiger charge is -2.21. The van der Waals surface area contributed by atoms with Crippen molar-refractivity contribution in [1.29, 1.82) is 0 Å². The summed E-state index contributed by atoms with van der Waals surface area (Å²) in [6, 6.07) is 8.03. The summed E-state index contributed by atoms with van der Waals surface area (Å²) in [5, 5.41) is 6.77. The molecule has 1 aromatic carbocycles. The Bertz CT molecular complexity index is 540. The number of rotatable bonds is 7. The van der Waals surface area contributed by atoms with Crippen LogP contribution in [0, 0.1) is 0 Å². The molecule has 2 N–H and O–H groups in total. The number of para-hydroxylation sites is 1. The van der Waals surface area contributed by atoms with E-state index < -0.39 is 0 Å². The number of guanidine groups is 1. The highest BCUT2D eigenvalue weighted by Gasteiger charge is 2.11. The molecule has 0 amide bonds. The molecule has 2 rings (SSSR count). The monoisotopic (exact) mass is 475 g/mol. The molecular weight excluding hydrogens is 441 g/mol. The molecule has 1 saturated heterocycles. The summed E-state index contributed by atoms with van der Waals surface area (Å²) in [6.45, 7) is 10.2. The van der Waals surface area contributed by atoms with E-state index in [0.717, 1.165) is 50.0 Å². The quantitative estimate of drug-likeness (QED) is 0.359. The van der Waals surface area contributed by atoms with Crippen molar-refractivity contribution in [3.05, 3.63) is 29.8 Å². The largest absolute Gasteiger partial charge is 0.496 e. The number of likely N-dealkylation sites (N-methyl/N-ethyl adjacent to an activating group) is 1. The highest BCUT2D eigenvalue weighted by Crippen LogP contribution is 2.17. The van der Waals surface area contributed by atoms with Crippen molar-refractivity contribution >= 4 is 29.9 Å². The van der Waals surface area contributed by atoms with Gasteiger partial charge in [-0.3, -0.25) is 0 Å². The zero-order valence-electron chi connectivity index (χ0n) is 16.3. The second-order valence-electron chi connectivity index (χ2n) is 6.43. The van der Waals surface area contributed by atoms with Crippen molar-refractivity contribution in [3.63, 3.8) is 0 Å². The molecule has 1 fully saturated rings. The van der Waals surface area contributed by atoms with Crippen molar-refractivity contribution in [2.75, 3.05) is 60.0 Å². The Hall–Kier alpha value is -1.06. The Labute approximate surface area is 175 Å². The number of hydrogen-bond acceptors (Lipinski definition) is 4. The van der Waals surface area contributed by atoms with Crippen LogP contribution >= 0.6 is 24.0 Å². The minimum atomic E-state index is 0. The van der Waals surface area contributed by atoms with Gasteiger partial charge in [-0.05, 0) is 39.5 Å². The molecule has 0 aliphatic carbocycles. The summed E-state index contributed by atoms with van der Waals surface area (Å²) in [6.07, 6.45) is 1.25. The molecular formula is C19H34IN5O. The Morgan fingerprint density at radius 1 is 1.15 bits per heavy atom. The lowest BCUT2D eigenvalue weighted by molar-refractivity contribution is 0.280. The van der Waals surface area contributed by atoms with Crippen molar-refractivity contribution < 1.29 is 4.74 Å². The van der Waals surface area contributed by atoms with Crippen molar-refractivity contribution in [3.8, 4) is 5.75 Å². The maximum atomic E-state index is 5.40. The Morgan fingerprint density at radius 3 is 2.73 bits per heavy atom. The predicted octanol–water partition coefficient (Wildman–Crippen LogP) is 2.01. The van der Waals surface area contributed by atoms with Crippen molar-refractivity contribution in [2.24, 2.45) is 4.99 Å². The van der Waals surface area contributed by atoms with Gasteiger partial charge in [0.15, 0.2) is 5.96 Å². The van der Waals surface area contributed by atoms with E-state index in [2.05, 4.69) is 40.5 Å². The highest BCUT2D eigenvalue weighted by atomic mass is 127. The van der Waals surface area contributed by atoms with Gasteiger partial charge in [0.1, 0.15) is 5.75 Å². The van der Waals surface area contributed by atoms with Crippen LogP contribution in [0.25, 0.3) is 0 Å². The fourth-order valence-corrected chi connectivity index (χ4v) is 3.00. The normalized spacial score (nSPS) is 16.5. The van der Waals surface area contributed by atoms with E-state index >= 15 is 0 Å². The molecule has 0 unspecified atom stereocenters. The smallest absolute Gasteiger partial charge is 0.191 e. The third-order valence-electron chi connectivity index (χ3n) is 4.48. The van der Waals surface area contributed by atoms with Crippen LogP contribution in [-0.4, -0.2) is 75.7 Å². The van der Waals surface area contributed by atoms with Crippen molar-refractivity contribution in [2.45, 2.75) is 19.9 Å². The average molecular weight is 475 g/mol. The van der Waals surface area contributed by atoms with Gasteiger partial charge in [-0.2, -0.15) is 0 Å². The Morgan fingerprint density at radius 2 is 1.96 bits per heavy atom. The number of methoxy groups -OCH3 is 1. The van der Waals surface area contributed by atoms with Gasteiger partial charge in [0.25, 0.3) is 0 Å². The molecule has 0 bridgehead atoms. The highest BCUT2D eigenvalue weighted by molar-refractivity contribution is 14.0. The summed E-state index contributed by atoms with van der Waals surface area (Å²) >= 11 is 0. The average Bonchev–Trinajstić information content (AvgIpc) is 2.84. The summed E-state index contributed by atoms with van der Waals surface area (Å²) in [5.74, 6) is 1.75. The SMILES string of the molecule is CCNC(=NCc1ccccc1OC)NCCN1CCCN(C)CC1.I. The van der Waals surface area contributed by atoms with Gasteiger partial charge in [0.2, 0.25) is 0 Å². The lowest BCUT2D eigenvalue weighted by atomic mass is 10.2. The van der Waals surface area contributed by atoms with Gasteiger partial charge in [0.05, 0.1) is 13.7 Å². The number of nitrogens with one attached hydrogen (secondary N) is 2. The maximum absolute atomic E-state index is 5.40. The van der Waals surface area contributed by atoms with E-state index in [1.165, 1.54) is 19.5 Å². The van der Waals surface area contributed by atoms with Crippen LogP contribution in [0.1, 0.15) is 18.9 Å². The van der Waals surface area contributed by atoms with Gasteiger partial charge in [-0.15, -0.1) is 24.0 Å². The Balaban J connectivity index is 0.00000338. The van der Waals surface area contributed by atoms with Crippen LogP contribution < -0.4 is 15.4 Å². The fraction of sp³-hybridized carbons (Fsp3) is 0.632. The minimum Gasteiger partial charge on any atom is -0.496 e. The summed E-state index contributed by atoms with van der Waals surface area (Å²) in [7, 11) is 3.90. The topological polar surface area (TPSA) is 52.1 Å². The molecule has 1 aliphatic rings. The van der Waals surface area contributed by atoms with E-state index in [1.54, 1.807) is 7.11 Å². The molecule has 6 nitrogen and oxygen atoms in total. The molecule has 0 radical (unpaired) electrons. The van der Waals surface area contributed by atoms with E-state index in [9.17, 15) is 0 Å². The number of benzene rings is 1. The Kier molecular flexibility index (Phi) is 11.6. The van der Waals surface area contributed by atoms with Crippen LogP contribution in [0.3, 0.4) is 0 Å². The predicted molar refractivity (Wildman–Crippen MR) is 120 cm³/mol. The van der Waals surface area contributed by atoms with Crippen LogP contribution in [0.15, 0.2) is 29.3 Å². The zero-order valence-corrected chi connectivity index (χ0v) is 18.7. The van der Waals surface area contributed by atoms with E-state index in [4.69, 9.17) is 9.73 Å². The summed E-state index contributed by atoms with van der Waals surface area (Å²) < 4.78 is 5.40. The van der Waals surface area contributed by atoms with Crippen LogP contribution in [0.5, 0.6) is 5.75 Å². The standard InChI is InChI=1S/C19H33N5O.HI/c1-4-20-19(22-16-17-8-5-6-9-18(17)25-3)21-10-13-24-12-7-11-23(2)14-15-24;/h5-6,8-9H,4,7,10-16H2,1-3H3,(H2,20,21,22);1H. The number of nitrogens with zero attached hydrogens (tertiary/aromatic N) is 3. The zero-order chi connectivity index (χ0) is 17.9. The van der Waals surface area contributed by atoms with E-state index in [-0.39, 0.29) is 24.0 Å². The molecule has 1 heterocycles. The first kappa shape index (κ1) is 23.0. The number of halogens is 1. The van der Waals surface area contributed by atoms with Crippen LogP contribution in [0.4, 0.5) is 0 Å². The summed E-state index contributed by atoms with van der Waals surface area (Å²) in [5.41, 5.74) is 1.10. The molecule has 1 aromatic rings. The maximum Gasteiger partial charge on any atom is 0.191 e. The molecule has 0 spiro atoms. The van der Waals surface area contributed by atoms with Crippen molar-refractivity contribution in [1.82, 2.24) is 20.4 Å². The molecule has 7 heteroatoms.